The van der Waals surface area contributed by atoms with Gasteiger partial charge in [-0.1, -0.05) is 19.8 Å². The molecular formula is C20H29N3O3. The highest BCUT2D eigenvalue weighted by Crippen LogP contribution is 2.29. The summed E-state index contributed by atoms with van der Waals surface area (Å²) in [7, 11) is 0. The van der Waals surface area contributed by atoms with E-state index in [9.17, 15) is 14.4 Å². The van der Waals surface area contributed by atoms with Gasteiger partial charge in [0.25, 0.3) is 11.8 Å². The molecule has 0 spiro atoms. The molecule has 2 amide bonds. The topological polar surface area (TPSA) is 80.2 Å². The second kappa shape index (κ2) is 8.06. The van der Waals surface area contributed by atoms with Crippen LogP contribution in [0, 0.1) is 5.92 Å². The number of pyridine rings is 1. The molecule has 0 bridgehead atoms. The molecular weight excluding hydrogens is 330 g/mol. The van der Waals surface area contributed by atoms with Gasteiger partial charge in [-0.15, -0.1) is 0 Å². The Labute approximate surface area is 154 Å². The van der Waals surface area contributed by atoms with Crippen LogP contribution in [0.25, 0.3) is 0 Å². The van der Waals surface area contributed by atoms with Crippen LogP contribution in [0.3, 0.4) is 0 Å². The first-order valence-electron chi connectivity index (χ1n) is 9.84. The molecule has 142 valence electrons. The summed E-state index contributed by atoms with van der Waals surface area (Å²) < 4.78 is 1.91. The smallest absolute Gasteiger partial charge is 0.256 e. The van der Waals surface area contributed by atoms with E-state index >= 15 is 0 Å². The number of amides is 2. The number of hydrogen-bond acceptors (Lipinski definition) is 3. The lowest BCUT2D eigenvalue weighted by molar-refractivity contribution is 0.0937. The van der Waals surface area contributed by atoms with Crippen LogP contribution in [0.4, 0.5) is 0 Å². The summed E-state index contributed by atoms with van der Waals surface area (Å²) >= 11 is 0. The summed E-state index contributed by atoms with van der Waals surface area (Å²) in [5, 5.41) is 5.70. The van der Waals surface area contributed by atoms with Gasteiger partial charge in [-0.25, -0.2) is 0 Å². The van der Waals surface area contributed by atoms with Crippen molar-refractivity contribution < 1.29 is 9.59 Å². The molecule has 1 aromatic rings. The Kier molecular flexibility index (Phi) is 5.79. The molecule has 2 N–H and O–H groups in total. The number of hydrogen-bond donors (Lipinski definition) is 2. The first-order chi connectivity index (χ1) is 12.5. The molecule has 1 atom stereocenters. The quantitative estimate of drug-likeness (QED) is 0.785. The lowest BCUT2D eigenvalue weighted by atomic mass is 10.1. The second-order valence-corrected chi connectivity index (χ2v) is 7.74. The fourth-order valence-electron chi connectivity index (χ4n) is 3.39. The van der Waals surface area contributed by atoms with Crippen LogP contribution in [0.5, 0.6) is 0 Å². The van der Waals surface area contributed by atoms with E-state index in [-0.39, 0.29) is 29.1 Å². The minimum absolute atomic E-state index is 0.0193. The van der Waals surface area contributed by atoms with Gasteiger partial charge in [0, 0.05) is 31.0 Å². The first-order valence-corrected chi connectivity index (χ1v) is 9.84. The molecule has 1 unspecified atom stereocenters. The average molecular weight is 359 g/mol. The summed E-state index contributed by atoms with van der Waals surface area (Å²) in [6.45, 7) is 4.48. The highest BCUT2D eigenvalue weighted by molar-refractivity contribution is 5.99. The van der Waals surface area contributed by atoms with Crippen LogP contribution < -0.4 is 16.1 Å². The molecule has 26 heavy (non-hydrogen) atoms. The number of nitrogens with zero attached hydrogens (tertiary/aromatic N) is 1. The molecule has 3 rings (SSSR count). The number of carbonyl (C=O) groups excluding carboxylic acids is 2. The Hall–Kier alpha value is -2.11. The van der Waals surface area contributed by atoms with Crippen molar-refractivity contribution in [2.45, 2.75) is 70.9 Å². The van der Waals surface area contributed by atoms with Gasteiger partial charge in [0.15, 0.2) is 0 Å². The van der Waals surface area contributed by atoms with Crippen molar-refractivity contribution in [2.24, 2.45) is 5.92 Å². The van der Waals surface area contributed by atoms with Gasteiger partial charge >= 0.3 is 0 Å². The van der Waals surface area contributed by atoms with Crippen LogP contribution in [-0.2, 0) is 0 Å². The fourth-order valence-corrected chi connectivity index (χ4v) is 3.39. The van der Waals surface area contributed by atoms with E-state index in [0.29, 0.717) is 12.5 Å². The van der Waals surface area contributed by atoms with Crippen LogP contribution in [0.1, 0.15) is 85.6 Å². The Bertz CT molecular complexity index is 730. The van der Waals surface area contributed by atoms with Crippen LogP contribution >= 0.6 is 0 Å². The lowest BCUT2D eigenvalue weighted by Gasteiger charge is -2.18. The molecule has 2 fully saturated rings. The summed E-state index contributed by atoms with van der Waals surface area (Å²) in [5.41, 5.74) is -0.334. The Morgan fingerprint density at radius 2 is 1.73 bits per heavy atom. The second-order valence-electron chi connectivity index (χ2n) is 7.74. The largest absolute Gasteiger partial charge is 0.352 e. The number of carbonyl (C=O) groups is 2. The summed E-state index contributed by atoms with van der Waals surface area (Å²) in [6, 6.07) is 0.231. The number of nitrogens with one attached hydrogen (secondary N) is 2. The molecule has 2 aliphatic rings. The minimum atomic E-state index is -0.478. The molecule has 0 aliphatic heterocycles. The highest BCUT2D eigenvalue weighted by Gasteiger charge is 2.26. The van der Waals surface area contributed by atoms with Crippen molar-refractivity contribution in [1.29, 1.82) is 0 Å². The predicted molar refractivity (Wildman–Crippen MR) is 100 cm³/mol. The summed E-state index contributed by atoms with van der Waals surface area (Å²) in [6.07, 6.45) is 10.6. The van der Waals surface area contributed by atoms with Gasteiger partial charge in [0.05, 0.1) is 0 Å². The van der Waals surface area contributed by atoms with Gasteiger partial charge in [0.1, 0.15) is 11.1 Å². The predicted octanol–water partition coefficient (Wildman–Crippen LogP) is 2.63. The maximum atomic E-state index is 12.8. The Morgan fingerprint density at radius 1 is 1.12 bits per heavy atom. The molecule has 0 saturated heterocycles. The van der Waals surface area contributed by atoms with Crippen LogP contribution in [0.15, 0.2) is 17.2 Å². The third-order valence-corrected chi connectivity index (χ3v) is 5.52. The van der Waals surface area contributed by atoms with E-state index in [2.05, 4.69) is 10.6 Å². The normalized spacial score (nSPS) is 18.5. The van der Waals surface area contributed by atoms with Crippen molar-refractivity contribution in [1.82, 2.24) is 15.2 Å². The Morgan fingerprint density at radius 3 is 2.31 bits per heavy atom. The summed E-state index contributed by atoms with van der Waals surface area (Å²) in [5.74, 6) is -0.229. The molecule has 2 saturated carbocycles. The van der Waals surface area contributed by atoms with E-state index in [0.717, 1.165) is 44.9 Å². The molecule has 2 aliphatic carbocycles. The third kappa shape index (κ3) is 4.34. The van der Waals surface area contributed by atoms with Crippen molar-refractivity contribution >= 4 is 11.8 Å². The molecule has 0 radical (unpaired) electrons. The van der Waals surface area contributed by atoms with Crippen LogP contribution in [-0.4, -0.2) is 29.0 Å². The Balaban J connectivity index is 1.91. The monoisotopic (exact) mass is 359 g/mol. The van der Waals surface area contributed by atoms with Crippen molar-refractivity contribution in [3.05, 3.63) is 33.7 Å². The number of aromatic nitrogens is 1. The third-order valence-electron chi connectivity index (χ3n) is 5.52. The lowest BCUT2D eigenvalue weighted by Crippen LogP contribution is -2.38. The summed E-state index contributed by atoms with van der Waals surface area (Å²) in [4.78, 5) is 38.0. The molecule has 6 heteroatoms. The molecule has 1 aromatic heterocycles. The minimum Gasteiger partial charge on any atom is -0.352 e. The van der Waals surface area contributed by atoms with Gasteiger partial charge < -0.3 is 15.2 Å². The maximum Gasteiger partial charge on any atom is 0.256 e. The van der Waals surface area contributed by atoms with Gasteiger partial charge in [-0.3, -0.25) is 14.4 Å². The van der Waals surface area contributed by atoms with Crippen molar-refractivity contribution in [2.75, 3.05) is 6.54 Å². The van der Waals surface area contributed by atoms with Crippen LogP contribution in [0.2, 0.25) is 0 Å². The van der Waals surface area contributed by atoms with Crippen molar-refractivity contribution in [3.8, 4) is 0 Å². The van der Waals surface area contributed by atoms with E-state index < -0.39 is 11.3 Å². The van der Waals surface area contributed by atoms with Gasteiger partial charge in [0.2, 0.25) is 5.43 Å². The average Bonchev–Trinajstić information content (AvgIpc) is 3.30. The maximum absolute atomic E-state index is 12.8. The van der Waals surface area contributed by atoms with Gasteiger partial charge in [-0.05, 0) is 44.9 Å². The zero-order valence-electron chi connectivity index (χ0n) is 15.7. The highest BCUT2D eigenvalue weighted by atomic mass is 16.2. The SMILES string of the molecule is CCC(C)NC(=O)c1cn(C2CCCC2)cc(C(=O)NCC2CC2)c1=O. The standard InChI is InChI=1S/C20H29N3O3/c1-3-13(2)22-20(26)17-12-23(15-6-4-5-7-15)11-16(18(17)24)19(25)21-10-14-8-9-14/h11-15H,3-10H2,1-2H3,(H,21,25)(H,22,26). The van der Waals surface area contributed by atoms with Gasteiger partial charge in [-0.2, -0.15) is 0 Å². The zero-order valence-corrected chi connectivity index (χ0v) is 15.7. The molecule has 0 aromatic carbocycles. The number of rotatable bonds is 7. The van der Waals surface area contributed by atoms with E-state index in [1.54, 1.807) is 12.4 Å². The van der Waals surface area contributed by atoms with E-state index in [4.69, 9.17) is 0 Å². The van der Waals surface area contributed by atoms with E-state index in [1.165, 1.54) is 0 Å². The fraction of sp³-hybridized carbons (Fsp3) is 0.650. The zero-order chi connectivity index (χ0) is 18.7. The molecule has 6 nitrogen and oxygen atoms in total. The van der Waals surface area contributed by atoms with Crippen molar-refractivity contribution in [3.63, 3.8) is 0 Å². The van der Waals surface area contributed by atoms with E-state index in [1.807, 2.05) is 18.4 Å². The first kappa shape index (κ1) is 18.7. The molecule has 1 heterocycles.